The molecule has 0 unspecified atom stereocenters. The van der Waals surface area contributed by atoms with Gasteiger partial charge in [0.05, 0.1) is 4.92 Å². The van der Waals surface area contributed by atoms with E-state index in [-0.39, 0.29) is 5.69 Å². The summed E-state index contributed by atoms with van der Waals surface area (Å²) in [5.74, 6) is 1.86. The average Bonchev–Trinajstić information content (AvgIpc) is 2.26. The number of hydrogen-bond donors (Lipinski definition) is 1. The fourth-order valence-corrected chi connectivity index (χ4v) is 2.81. The third-order valence-electron chi connectivity index (χ3n) is 2.00. The molecule has 6 heteroatoms. The quantitative estimate of drug-likeness (QED) is 0.498. The van der Waals surface area contributed by atoms with Crippen molar-refractivity contribution in [1.82, 2.24) is 0 Å². The monoisotopic (exact) mass is 304 g/mol. The number of hydrogen-bond acceptors (Lipinski definition) is 4. The molecule has 0 spiro atoms. The topological polar surface area (TPSA) is 69.2 Å². The van der Waals surface area contributed by atoms with Crippen LogP contribution in [-0.2, 0) is 5.75 Å². The van der Waals surface area contributed by atoms with E-state index in [1.165, 1.54) is 6.07 Å². The van der Waals surface area contributed by atoms with Crippen LogP contribution in [0.2, 0.25) is 0 Å². The maximum absolute atomic E-state index is 10.5. The minimum atomic E-state index is -0.393. The lowest BCUT2D eigenvalue weighted by molar-refractivity contribution is -0.384. The molecular weight excluding hydrogens is 292 g/mol. The molecule has 0 heterocycles. The number of non-ortho nitro benzene ring substituents is 1. The van der Waals surface area contributed by atoms with Crippen LogP contribution in [0.1, 0.15) is 12.0 Å². The Bertz CT molecular complexity index is 374. The molecule has 0 saturated heterocycles. The van der Waals surface area contributed by atoms with E-state index in [1.807, 2.05) is 0 Å². The van der Waals surface area contributed by atoms with Crippen molar-refractivity contribution in [3.8, 4) is 0 Å². The Balaban J connectivity index is 2.57. The summed E-state index contributed by atoms with van der Waals surface area (Å²) in [6, 6.07) is 4.86. The highest BCUT2D eigenvalue weighted by Gasteiger charge is 2.08. The summed E-state index contributed by atoms with van der Waals surface area (Å²) in [6.45, 7) is 0.703. The molecule has 0 aliphatic rings. The summed E-state index contributed by atoms with van der Waals surface area (Å²) >= 11 is 5.12. The fourth-order valence-electron chi connectivity index (χ4n) is 1.13. The standard InChI is InChI=1S/C10H13BrN2O2S/c11-10-6-9(13(14)15)3-2-8(10)7-16-5-1-4-12/h2-3,6H,1,4-5,7,12H2. The molecule has 16 heavy (non-hydrogen) atoms. The number of nitro benzene ring substituents is 1. The van der Waals surface area contributed by atoms with Crippen LogP contribution in [0.3, 0.4) is 0 Å². The maximum Gasteiger partial charge on any atom is 0.270 e. The SMILES string of the molecule is NCCCSCc1ccc([N+](=O)[O-])cc1Br. The van der Waals surface area contributed by atoms with E-state index in [0.29, 0.717) is 6.54 Å². The van der Waals surface area contributed by atoms with Gasteiger partial charge in [-0.3, -0.25) is 10.1 Å². The highest BCUT2D eigenvalue weighted by Crippen LogP contribution is 2.26. The van der Waals surface area contributed by atoms with E-state index in [0.717, 1.165) is 28.0 Å². The molecule has 0 bridgehead atoms. The molecule has 1 aromatic carbocycles. The third-order valence-corrected chi connectivity index (χ3v) is 3.83. The summed E-state index contributed by atoms with van der Waals surface area (Å²) in [6.07, 6.45) is 0.995. The Kier molecular flexibility index (Phi) is 5.79. The zero-order valence-corrected chi connectivity index (χ0v) is 11.1. The maximum atomic E-state index is 10.5. The second-order valence-corrected chi connectivity index (χ2v) is 5.19. The van der Waals surface area contributed by atoms with E-state index in [9.17, 15) is 10.1 Å². The first-order valence-electron chi connectivity index (χ1n) is 4.85. The smallest absolute Gasteiger partial charge is 0.270 e. The van der Waals surface area contributed by atoms with Gasteiger partial charge in [-0.05, 0) is 24.3 Å². The summed E-state index contributed by atoms with van der Waals surface area (Å²) < 4.78 is 0.793. The number of nitrogens with two attached hydrogens (primary N) is 1. The van der Waals surface area contributed by atoms with Gasteiger partial charge in [0.15, 0.2) is 0 Å². The molecule has 1 aromatic rings. The lowest BCUT2D eigenvalue weighted by atomic mass is 10.2. The molecule has 4 nitrogen and oxygen atoms in total. The molecule has 0 saturated carbocycles. The second-order valence-electron chi connectivity index (χ2n) is 3.23. The second kappa shape index (κ2) is 6.88. The van der Waals surface area contributed by atoms with Gasteiger partial charge in [0.1, 0.15) is 0 Å². The third kappa shape index (κ3) is 4.11. The van der Waals surface area contributed by atoms with Crippen molar-refractivity contribution in [2.24, 2.45) is 5.73 Å². The van der Waals surface area contributed by atoms with Crippen molar-refractivity contribution in [2.75, 3.05) is 12.3 Å². The van der Waals surface area contributed by atoms with E-state index in [2.05, 4.69) is 15.9 Å². The number of rotatable bonds is 6. The van der Waals surface area contributed by atoms with Gasteiger partial charge in [0.2, 0.25) is 0 Å². The first-order valence-corrected chi connectivity index (χ1v) is 6.80. The first-order chi connectivity index (χ1) is 7.65. The predicted molar refractivity (Wildman–Crippen MR) is 70.6 cm³/mol. The van der Waals surface area contributed by atoms with Gasteiger partial charge in [0.25, 0.3) is 5.69 Å². The Morgan fingerprint density at radius 3 is 2.81 bits per heavy atom. The van der Waals surface area contributed by atoms with E-state index < -0.39 is 4.92 Å². The lowest BCUT2D eigenvalue weighted by Crippen LogP contribution is -1.99. The average molecular weight is 305 g/mol. The molecule has 0 amide bonds. The normalized spacial score (nSPS) is 10.4. The summed E-state index contributed by atoms with van der Waals surface area (Å²) in [5, 5.41) is 10.5. The van der Waals surface area contributed by atoms with E-state index in [1.54, 1.807) is 23.9 Å². The highest BCUT2D eigenvalue weighted by molar-refractivity contribution is 9.10. The Morgan fingerprint density at radius 1 is 1.50 bits per heavy atom. The van der Waals surface area contributed by atoms with Gasteiger partial charge in [-0.15, -0.1) is 0 Å². The van der Waals surface area contributed by atoms with Crippen molar-refractivity contribution in [1.29, 1.82) is 0 Å². The molecule has 0 atom stereocenters. The molecule has 0 aromatic heterocycles. The zero-order valence-electron chi connectivity index (χ0n) is 8.69. The number of benzene rings is 1. The molecule has 88 valence electrons. The minimum absolute atomic E-state index is 0.114. The Labute approximate surface area is 107 Å². The molecule has 1 rings (SSSR count). The van der Waals surface area contributed by atoms with Gasteiger partial charge in [-0.25, -0.2) is 0 Å². The van der Waals surface area contributed by atoms with Gasteiger partial charge in [-0.2, -0.15) is 11.8 Å². The Morgan fingerprint density at radius 2 is 2.25 bits per heavy atom. The highest BCUT2D eigenvalue weighted by atomic mass is 79.9. The van der Waals surface area contributed by atoms with Crippen LogP contribution in [0, 0.1) is 10.1 Å². The van der Waals surface area contributed by atoms with E-state index in [4.69, 9.17) is 5.73 Å². The molecular formula is C10H13BrN2O2S. The van der Waals surface area contributed by atoms with Crippen molar-refractivity contribution in [2.45, 2.75) is 12.2 Å². The predicted octanol–water partition coefficient (Wildman–Crippen LogP) is 2.94. The van der Waals surface area contributed by atoms with Crippen molar-refractivity contribution in [3.63, 3.8) is 0 Å². The molecule has 0 fully saturated rings. The Hall–Kier alpha value is -0.590. The van der Waals surface area contributed by atoms with Crippen LogP contribution in [0.4, 0.5) is 5.69 Å². The van der Waals surface area contributed by atoms with Crippen LogP contribution in [0.25, 0.3) is 0 Å². The van der Waals surface area contributed by atoms with Crippen molar-refractivity contribution in [3.05, 3.63) is 38.3 Å². The number of nitro groups is 1. The van der Waals surface area contributed by atoms with Gasteiger partial charge < -0.3 is 5.73 Å². The van der Waals surface area contributed by atoms with Gasteiger partial charge in [0, 0.05) is 22.4 Å². The van der Waals surface area contributed by atoms with Crippen LogP contribution in [0.15, 0.2) is 22.7 Å². The van der Waals surface area contributed by atoms with Crippen molar-refractivity contribution < 1.29 is 4.92 Å². The molecule has 0 aliphatic heterocycles. The van der Waals surface area contributed by atoms with Crippen LogP contribution in [0.5, 0.6) is 0 Å². The van der Waals surface area contributed by atoms with Gasteiger partial charge >= 0.3 is 0 Å². The summed E-state index contributed by atoms with van der Waals surface area (Å²) in [4.78, 5) is 10.1. The molecule has 0 radical (unpaired) electrons. The molecule has 2 N–H and O–H groups in total. The number of halogens is 1. The van der Waals surface area contributed by atoms with Crippen LogP contribution >= 0.6 is 27.7 Å². The zero-order chi connectivity index (χ0) is 12.0. The summed E-state index contributed by atoms with van der Waals surface area (Å²) in [7, 11) is 0. The number of nitrogens with zero attached hydrogens (tertiary/aromatic N) is 1. The molecule has 0 aliphatic carbocycles. The van der Waals surface area contributed by atoms with Crippen LogP contribution in [-0.4, -0.2) is 17.2 Å². The lowest BCUT2D eigenvalue weighted by Gasteiger charge is -2.03. The van der Waals surface area contributed by atoms with Crippen molar-refractivity contribution >= 4 is 33.4 Å². The first kappa shape index (κ1) is 13.5. The van der Waals surface area contributed by atoms with E-state index >= 15 is 0 Å². The minimum Gasteiger partial charge on any atom is -0.330 e. The largest absolute Gasteiger partial charge is 0.330 e. The fraction of sp³-hybridized carbons (Fsp3) is 0.400. The number of thioether (sulfide) groups is 1. The van der Waals surface area contributed by atoms with Gasteiger partial charge in [-0.1, -0.05) is 22.0 Å². The van der Waals surface area contributed by atoms with Crippen LogP contribution < -0.4 is 5.73 Å². The summed E-state index contributed by atoms with van der Waals surface area (Å²) in [5.41, 5.74) is 6.58.